The number of ketones is 1. The molecule has 0 atom stereocenters. The number of hydrogen-bond acceptors (Lipinski definition) is 4. The van der Waals surface area contributed by atoms with E-state index in [1.54, 1.807) is 12.1 Å². The minimum Gasteiger partial charge on any atom is -0.493 e. The molecule has 0 N–H and O–H groups in total. The van der Waals surface area contributed by atoms with Gasteiger partial charge in [0.1, 0.15) is 5.75 Å². The molecule has 4 heteroatoms. The maximum Gasteiger partial charge on any atom is 0.189 e. The van der Waals surface area contributed by atoms with Crippen molar-refractivity contribution in [1.82, 2.24) is 0 Å². The quantitative estimate of drug-likeness (QED) is 0.237. The van der Waals surface area contributed by atoms with Gasteiger partial charge in [0.2, 0.25) is 0 Å². The highest BCUT2D eigenvalue weighted by Gasteiger charge is 2.15. The van der Waals surface area contributed by atoms with Crippen LogP contribution in [0.5, 0.6) is 17.2 Å². The molecule has 180 valence electrons. The van der Waals surface area contributed by atoms with Crippen LogP contribution in [0, 0.1) is 17.8 Å². The van der Waals surface area contributed by atoms with Gasteiger partial charge in [-0.1, -0.05) is 60.6 Å². The summed E-state index contributed by atoms with van der Waals surface area (Å²) < 4.78 is 18.2. The number of carbonyl (C=O) groups is 1. The Balaban J connectivity index is 2.39. The predicted molar refractivity (Wildman–Crippen MR) is 137 cm³/mol. The van der Waals surface area contributed by atoms with Crippen LogP contribution in [0.2, 0.25) is 0 Å². The number of benzene rings is 2. The summed E-state index contributed by atoms with van der Waals surface area (Å²) in [5, 5.41) is 0. The van der Waals surface area contributed by atoms with Crippen LogP contribution in [0.25, 0.3) is 6.08 Å². The Labute approximate surface area is 200 Å². The summed E-state index contributed by atoms with van der Waals surface area (Å²) in [5.74, 6) is 3.08. The summed E-state index contributed by atoms with van der Waals surface area (Å²) in [4.78, 5) is 13.1. The van der Waals surface area contributed by atoms with Gasteiger partial charge in [0.15, 0.2) is 17.3 Å². The van der Waals surface area contributed by atoms with Gasteiger partial charge >= 0.3 is 0 Å². The van der Waals surface area contributed by atoms with Crippen molar-refractivity contribution in [1.29, 1.82) is 0 Å². The molecule has 0 aromatic heterocycles. The Hall–Kier alpha value is -2.75. The highest BCUT2D eigenvalue weighted by Crippen LogP contribution is 2.35. The molecule has 0 aliphatic rings. The lowest BCUT2D eigenvalue weighted by atomic mass is 10.0. The molecule has 0 aliphatic carbocycles. The zero-order valence-corrected chi connectivity index (χ0v) is 21.3. The Morgan fingerprint density at radius 3 is 2.00 bits per heavy atom. The van der Waals surface area contributed by atoms with Crippen LogP contribution in [-0.4, -0.2) is 25.6 Å². The lowest BCUT2D eigenvalue weighted by Crippen LogP contribution is -2.10. The highest BCUT2D eigenvalue weighted by molar-refractivity contribution is 6.08. The molecular formula is C29H40O4. The van der Waals surface area contributed by atoms with Crippen molar-refractivity contribution < 1.29 is 19.0 Å². The molecule has 0 heterocycles. The molecule has 0 bridgehead atoms. The van der Waals surface area contributed by atoms with Gasteiger partial charge in [-0.05, 0) is 66.2 Å². The van der Waals surface area contributed by atoms with Crippen molar-refractivity contribution in [2.24, 2.45) is 17.8 Å². The van der Waals surface area contributed by atoms with E-state index in [1.165, 1.54) is 0 Å². The van der Waals surface area contributed by atoms with Crippen LogP contribution < -0.4 is 14.2 Å². The van der Waals surface area contributed by atoms with Crippen molar-refractivity contribution in [3.63, 3.8) is 0 Å². The predicted octanol–water partition coefficient (Wildman–Crippen LogP) is 7.25. The van der Waals surface area contributed by atoms with E-state index in [0.717, 1.165) is 23.3 Å². The average Bonchev–Trinajstić information content (AvgIpc) is 2.78. The summed E-state index contributed by atoms with van der Waals surface area (Å²) in [5.41, 5.74) is 2.54. The molecule has 0 aliphatic heterocycles. The van der Waals surface area contributed by atoms with Crippen LogP contribution in [0.3, 0.4) is 0 Å². The number of ether oxygens (including phenoxy) is 3. The van der Waals surface area contributed by atoms with E-state index in [2.05, 4.69) is 54.5 Å². The van der Waals surface area contributed by atoms with E-state index in [1.807, 2.05) is 30.3 Å². The lowest BCUT2D eigenvalue weighted by molar-refractivity contribution is 0.104. The summed E-state index contributed by atoms with van der Waals surface area (Å²) >= 11 is 0. The standard InChI is InChI=1S/C29H40O4/c1-8-23-15-24(29(33-19-22(6)7)28(16-23)32-18-21(4)5)13-14-26(30)25-11-9-10-12-27(25)31-17-20(2)3/h9-16,20-22H,8,17-19H2,1-7H3/b14-13+. The fourth-order valence-electron chi connectivity index (χ4n) is 3.09. The van der Waals surface area contributed by atoms with E-state index < -0.39 is 0 Å². The molecule has 4 nitrogen and oxygen atoms in total. The zero-order valence-electron chi connectivity index (χ0n) is 21.3. The van der Waals surface area contributed by atoms with Gasteiger partial charge < -0.3 is 14.2 Å². The third-order valence-corrected chi connectivity index (χ3v) is 4.82. The van der Waals surface area contributed by atoms with Gasteiger partial charge in [-0.15, -0.1) is 0 Å². The van der Waals surface area contributed by atoms with E-state index in [0.29, 0.717) is 54.6 Å². The third-order valence-electron chi connectivity index (χ3n) is 4.82. The van der Waals surface area contributed by atoms with Gasteiger partial charge in [0.05, 0.1) is 25.4 Å². The van der Waals surface area contributed by atoms with Gasteiger partial charge in [0.25, 0.3) is 0 Å². The third kappa shape index (κ3) is 8.60. The minimum absolute atomic E-state index is 0.101. The number of carbonyl (C=O) groups excluding carboxylic acids is 1. The van der Waals surface area contributed by atoms with Gasteiger partial charge in [-0.25, -0.2) is 0 Å². The number of rotatable bonds is 13. The fourth-order valence-corrected chi connectivity index (χ4v) is 3.09. The van der Waals surface area contributed by atoms with Crippen LogP contribution in [0.4, 0.5) is 0 Å². The molecule has 0 unspecified atom stereocenters. The number of hydrogen-bond donors (Lipinski definition) is 0. The van der Waals surface area contributed by atoms with Gasteiger partial charge in [0, 0.05) is 5.56 Å². The maximum atomic E-state index is 13.1. The number of allylic oxidation sites excluding steroid dienone is 1. The SMILES string of the molecule is CCc1cc(/C=C/C(=O)c2ccccc2OCC(C)C)c(OCC(C)C)c(OCC(C)C)c1. The Bertz CT molecular complexity index is 925. The molecule has 0 saturated carbocycles. The lowest BCUT2D eigenvalue weighted by Gasteiger charge is -2.19. The van der Waals surface area contributed by atoms with Crippen LogP contribution in [-0.2, 0) is 6.42 Å². The first-order valence-electron chi connectivity index (χ1n) is 12.1. The van der Waals surface area contributed by atoms with E-state index in [4.69, 9.17) is 14.2 Å². The molecule has 33 heavy (non-hydrogen) atoms. The molecular weight excluding hydrogens is 412 g/mol. The summed E-state index contributed by atoms with van der Waals surface area (Å²) in [6.45, 7) is 16.5. The van der Waals surface area contributed by atoms with E-state index in [-0.39, 0.29) is 5.78 Å². The molecule has 0 radical (unpaired) electrons. The highest BCUT2D eigenvalue weighted by atomic mass is 16.5. The molecule has 2 rings (SSSR count). The second kappa shape index (κ2) is 13.1. The Morgan fingerprint density at radius 2 is 1.39 bits per heavy atom. The second-order valence-electron chi connectivity index (χ2n) is 9.67. The first-order valence-corrected chi connectivity index (χ1v) is 12.1. The van der Waals surface area contributed by atoms with Gasteiger partial charge in [-0.2, -0.15) is 0 Å². The van der Waals surface area contributed by atoms with Crippen molar-refractivity contribution in [3.05, 3.63) is 59.2 Å². The number of aryl methyl sites for hydroxylation is 1. The monoisotopic (exact) mass is 452 g/mol. The minimum atomic E-state index is -0.101. The van der Waals surface area contributed by atoms with Crippen molar-refractivity contribution in [2.45, 2.75) is 54.9 Å². The van der Waals surface area contributed by atoms with Crippen LogP contribution in [0.15, 0.2) is 42.5 Å². The molecule has 2 aromatic carbocycles. The maximum absolute atomic E-state index is 13.1. The fraction of sp³-hybridized carbons (Fsp3) is 0.483. The topological polar surface area (TPSA) is 44.8 Å². The summed E-state index contributed by atoms with van der Waals surface area (Å²) in [6.07, 6.45) is 4.29. The zero-order chi connectivity index (χ0) is 24.4. The van der Waals surface area contributed by atoms with Crippen molar-refractivity contribution in [3.8, 4) is 17.2 Å². The van der Waals surface area contributed by atoms with Crippen molar-refractivity contribution in [2.75, 3.05) is 19.8 Å². The summed E-state index contributed by atoms with van der Waals surface area (Å²) in [6, 6.07) is 11.5. The van der Waals surface area contributed by atoms with E-state index in [9.17, 15) is 4.79 Å². The van der Waals surface area contributed by atoms with Crippen molar-refractivity contribution >= 4 is 11.9 Å². The first kappa shape index (κ1) is 26.5. The molecule has 0 fully saturated rings. The van der Waals surface area contributed by atoms with Crippen LogP contribution in [0.1, 0.15) is 70.0 Å². The molecule has 2 aromatic rings. The normalized spacial score (nSPS) is 11.6. The summed E-state index contributed by atoms with van der Waals surface area (Å²) in [7, 11) is 0. The Morgan fingerprint density at radius 1 is 0.818 bits per heavy atom. The second-order valence-corrected chi connectivity index (χ2v) is 9.67. The van der Waals surface area contributed by atoms with E-state index >= 15 is 0 Å². The molecule has 0 saturated heterocycles. The van der Waals surface area contributed by atoms with Gasteiger partial charge in [-0.3, -0.25) is 4.79 Å². The average molecular weight is 453 g/mol. The number of para-hydroxylation sites is 1. The smallest absolute Gasteiger partial charge is 0.189 e. The molecule has 0 amide bonds. The first-order chi connectivity index (χ1) is 15.7. The largest absolute Gasteiger partial charge is 0.493 e. The Kier molecular flexibility index (Phi) is 10.5. The van der Waals surface area contributed by atoms with Crippen LogP contribution >= 0.6 is 0 Å². The molecule has 0 spiro atoms.